The van der Waals surface area contributed by atoms with Crippen molar-refractivity contribution in [1.82, 2.24) is 0 Å². The molecule has 0 bridgehead atoms. The Hall–Kier alpha value is -1.61. The molecule has 0 spiro atoms. The molecule has 6 heteroatoms. The van der Waals surface area contributed by atoms with Gasteiger partial charge in [-0.05, 0) is 0 Å². The summed E-state index contributed by atoms with van der Waals surface area (Å²) in [7, 11) is -7.39. The molecular formula is C18H27BF4P-. The van der Waals surface area contributed by atoms with E-state index in [1.54, 1.807) is 0 Å². The SMILES string of the molecule is C=C.C=CC[PH](CC=C)(CC=C)Cc1ccccc1.F[B-](F)(F)F. The summed E-state index contributed by atoms with van der Waals surface area (Å²) in [4.78, 5) is 0. The Morgan fingerprint density at radius 3 is 1.42 bits per heavy atom. The summed E-state index contributed by atoms with van der Waals surface area (Å²) in [5.74, 6) is 0. The van der Waals surface area contributed by atoms with E-state index in [4.69, 9.17) is 0 Å². The van der Waals surface area contributed by atoms with Gasteiger partial charge in [0.05, 0.1) is 0 Å². The minimum Gasteiger partial charge on any atom is -0.418 e. The predicted molar refractivity (Wildman–Crippen MR) is 105 cm³/mol. The van der Waals surface area contributed by atoms with Crippen molar-refractivity contribution in [1.29, 1.82) is 0 Å². The van der Waals surface area contributed by atoms with Crippen LogP contribution in [0.3, 0.4) is 0 Å². The smallest absolute Gasteiger partial charge is 0.418 e. The second-order valence-corrected chi connectivity index (χ2v) is 9.71. The molecule has 1 rings (SSSR count). The van der Waals surface area contributed by atoms with Crippen LogP contribution in [0.15, 0.2) is 81.5 Å². The Morgan fingerprint density at radius 1 is 0.792 bits per heavy atom. The Bertz CT molecular complexity index is 439. The first-order valence-electron chi connectivity index (χ1n) is 7.50. The summed E-state index contributed by atoms with van der Waals surface area (Å²) in [6.45, 7) is 17.8. The van der Waals surface area contributed by atoms with Crippen LogP contribution in [-0.4, -0.2) is 25.7 Å². The largest absolute Gasteiger partial charge is 0.673 e. The molecule has 0 N–H and O–H groups in total. The third kappa shape index (κ3) is 14.0. The molecule has 0 radical (unpaired) electrons. The average Bonchev–Trinajstić information content (AvgIpc) is 2.49. The van der Waals surface area contributed by atoms with E-state index in [0.29, 0.717) is 0 Å². The molecule has 0 aliphatic heterocycles. The van der Waals surface area contributed by atoms with Crippen LogP contribution >= 0.6 is 7.26 Å². The van der Waals surface area contributed by atoms with Crippen molar-refractivity contribution in [2.75, 3.05) is 18.5 Å². The van der Waals surface area contributed by atoms with Gasteiger partial charge < -0.3 is 17.3 Å². The minimum atomic E-state index is -6.00. The number of allylic oxidation sites excluding steroid dienone is 3. The van der Waals surface area contributed by atoms with Gasteiger partial charge in [-0.3, -0.25) is 0 Å². The van der Waals surface area contributed by atoms with E-state index in [0.717, 1.165) is 18.5 Å². The molecule has 0 aromatic heterocycles. The third-order valence-corrected chi connectivity index (χ3v) is 7.78. The molecule has 1 aromatic carbocycles. The van der Waals surface area contributed by atoms with Crippen LogP contribution in [0, 0.1) is 0 Å². The second kappa shape index (κ2) is 13.8. The van der Waals surface area contributed by atoms with E-state index >= 15 is 0 Å². The Labute approximate surface area is 144 Å². The quantitative estimate of drug-likeness (QED) is 0.212. The summed E-state index contributed by atoms with van der Waals surface area (Å²) in [6, 6.07) is 10.7. The molecule has 0 nitrogen and oxygen atoms in total. The summed E-state index contributed by atoms with van der Waals surface area (Å²) in [5.41, 5.74) is 1.43. The first kappa shape index (κ1) is 24.6. The maximum absolute atomic E-state index is 9.75. The Morgan fingerprint density at radius 2 is 1.12 bits per heavy atom. The first-order chi connectivity index (χ1) is 11.3. The van der Waals surface area contributed by atoms with Gasteiger partial charge in [0.2, 0.25) is 0 Å². The summed E-state index contributed by atoms with van der Waals surface area (Å²) >= 11 is 0. The maximum atomic E-state index is 9.75. The molecule has 0 aliphatic carbocycles. The van der Waals surface area contributed by atoms with Gasteiger partial charge in [0, 0.05) is 0 Å². The van der Waals surface area contributed by atoms with Gasteiger partial charge in [-0.25, -0.2) is 0 Å². The Kier molecular flexibility index (Phi) is 14.2. The fourth-order valence-corrected chi connectivity index (χ4v) is 6.29. The van der Waals surface area contributed by atoms with Crippen molar-refractivity contribution in [2.24, 2.45) is 0 Å². The van der Waals surface area contributed by atoms with Crippen LogP contribution in [0.4, 0.5) is 17.3 Å². The van der Waals surface area contributed by atoms with E-state index in [9.17, 15) is 17.3 Å². The minimum absolute atomic E-state index is 1.14. The van der Waals surface area contributed by atoms with Crippen LogP contribution in [0.1, 0.15) is 5.56 Å². The zero-order valence-electron chi connectivity index (χ0n) is 14.1. The van der Waals surface area contributed by atoms with Crippen molar-refractivity contribution < 1.29 is 17.3 Å². The summed E-state index contributed by atoms with van der Waals surface area (Å²) in [6.07, 6.45) is 10.8. The van der Waals surface area contributed by atoms with Gasteiger partial charge in [-0.1, -0.05) is 0 Å². The van der Waals surface area contributed by atoms with Gasteiger partial charge in [-0.2, -0.15) is 0 Å². The van der Waals surface area contributed by atoms with Crippen molar-refractivity contribution in [3.63, 3.8) is 0 Å². The van der Waals surface area contributed by atoms with Crippen molar-refractivity contribution in [3.05, 3.63) is 87.0 Å². The molecule has 24 heavy (non-hydrogen) atoms. The number of benzene rings is 1. The molecule has 0 atom stereocenters. The maximum Gasteiger partial charge on any atom is 0.673 e. The standard InChI is InChI=1S/C16H23P.C2H4.BF4/c1-4-12-17(13-5-2,14-6-3)15-16-10-8-7-9-11-16;1-2;2-1(3,4)5/h4-11,17H,1-3,12-15H2;1-2H2;/q;;-1. The number of rotatable bonds is 8. The monoisotopic (exact) mass is 361 g/mol. The summed E-state index contributed by atoms with van der Waals surface area (Å²) < 4.78 is 39.0. The summed E-state index contributed by atoms with van der Waals surface area (Å²) in [5, 5.41) is 0. The third-order valence-electron chi connectivity index (χ3n) is 3.15. The van der Waals surface area contributed by atoms with E-state index in [2.05, 4.69) is 81.5 Å². The molecule has 0 fully saturated rings. The van der Waals surface area contributed by atoms with Crippen molar-refractivity contribution in [2.45, 2.75) is 6.16 Å². The van der Waals surface area contributed by atoms with Crippen LogP contribution < -0.4 is 0 Å². The van der Waals surface area contributed by atoms with Gasteiger partial charge >= 0.3 is 113 Å². The normalized spacial score (nSPS) is 11.0. The molecule has 0 saturated heterocycles. The molecule has 0 amide bonds. The van der Waals surface area contributed by atoms with E-state index in [1.165, 1.54) is 11.7 Å². The van der Waals surface area contributed by atoms with E-state index < -0.39 is 14.5 Å². The van der Waals surface area contributed by atoms with Crippen LogP contribution in [0.25, 0.3) is 0 Å². The molecule has 0 saturated carbocycles. The zero-order chi connectivity index (χ0) is 19.1. The molecule has 0 heterocycles. The van der Waals surface area contributed by atoms with Crippen molar-refractivity contribution >= 4 is 14.5 Å². The van der Waals surface area contributed by atoms with Crippen LogP contribution in [0.5, 0.6) is 0 Å². The fraction of sp³-hybridized carbons (Fsp3) is 0.222. The van der Waals surface area contributed by atoms with Crippen LogP contribution in [0.2, 0.25) is 0 Å². The molecule has 136 valence electrons. The fourth-order valence-electron chi connectivity index (χ4n) is 2.41. The topological polar surface area (TPSA) is 0 Å². The van der Waals surface area contributed by atoms with E-state index in [-0.39, 0.29) is 0 Å². The van der Waals surface area contributed by atoms with Gasteiger partial charge in [0.15, 0.2) is 0 Å². The zero-order valence-corrected chi connectivity index (χ0v) is 15.1. The average molecular weight is 361 g/mol. The van der Waals surface area contributed by atoms with Gasteiger partial charge in [0.1, 0.15) is 0 Å². The second-order valence-electron chi connectivity index (χ2n) is 5.14. The predicted octanol–water partition coefficient (Wildman–Crippen LogP) is 6.60. The molecule has 0 aliphatic rings. The number of halogens is 4. The molecule has 1 aromatic rings. The number of hydrogen-bond acceptors (Lipinski definition) is 0. The Balaban J connectivity index is 0. The van der Waals surface area contributed by atoms with E-state index in [1.807, 2.05) is 0 Å². The molecular weight excluding hydrogens is 334 g/mol. The van der Waals surface area contributed by atoms with Crippen LogP contribution in [-0.2, 0) is 6.16 Å². The number of hydrogen-bond donors (Lipinski definition) is 0. The van der Waals surface area contributed by atoms with Gasteiger partial charge in [-0.15, -0.1) is 13.2 Å². The van der Waals surface area contributed by atoms with Gasteiger partial charge in [0.25, 0.3) is 0 Å². The first-order valence-corrected chi connectivity index (χ1v) is 10.3. The van der Waals surface area contributed by atoms with Crippen molar-refractivity contribution in [3.8, 4) is 0 Å². The molecule has 0 unspecified atom stereocenters.